The lowest BCUT2D eigenvalue weighted by Crippen LogP contribution is -2.37. The Bertz CT molecular complexity index is 1960. The fourth-order valence-electron chi connectivity index (χ4n) is 4.62. The number of aryl methyl sites for hydroxylation is 1. The monoisotopic (exact) mass is 551 g/mol. The third kappa shape index (κ3) is 4.41. The molecule has 5 aromatic rings. The number of hydrogen-bond donors (Lipinski definition) is 1. The lowest BCUT2D eigenvalue weighted by molar-refractivity contribution is -0.131. The molecule has 3 aromatic carbocycles. The van der Waals surface area contributed by atoms with E-state index in [0.29, 0.717) is 22.5 Å². The molecule has 1 N–H and O–H groups in total. The molecule has 0 aliphatic carbocycles. The zero-order valence-electron chi connectivity index (χ0n) is 21.4. The van der Waals surface area contributed by atoms with Gasteiger partial charge in [0.1, 0.15) is 16.8 Å². The summed E-state index contributed by atoms with van der Waals surface area (Å²) >= 11 is 1.03. The number of nitrogens with zero attached hydrogens (tertiary/aromatic N) is 4. The average molecular weight is 552 g/mol. The minimum Gasteiger partial charge on any atom is -0.426 e. The minimum atomic E-state index is -0.507. The molecule has 0 radical (unpaired) electrons. The standard InChI is InChI=1S/C29H21N5O5S/c1-16-8-7-9-18(14-16)30-23(36)15-33-21-12-5-3-10-19(21)24(27(33)37)25-28(38)34-29(40-25)31-26(32-34)20-11-4-6-13-22(20)39-17(2)35/h3-14H,15H2,1-2H3,(H,30,36)/b25-24-. The van der Waals surface area contributed by atoms with Crippen molar-refractivity contribution in [2.45, 2.75) is 13.8 Å². The summed E-state index contributed by atoms with van der Waals surface area (Å²) in [6.45, 7) is 2.99. The minimum absolute atomic E-state index is 0.175. The summed E-state index contributed by atoms with van der Waals surface area (Å²) in [5.74, 6) is -0.829. The summed E-state index contributed by atoms with van der Waals surface area (Å²) in [4.78, 5) is 57.7. The molecule has 6 rings (SSSR count). The molecule has 3 heterocycles. The van der Waals surface area contributed by atoms with Gasteiger partial charge in [-0.25, -0.2) is 0 Å². The summed E-state index contributed by atoms with van der Waals surface area (Å²) in [5.41, 5.74) is 2.86. The molecule has 0 saturated carbocycles. The Kier molecular flexibility index (Phi) is 6.20. The van der Waals surface area contributed by atoms with Gasteiger partial charge in [-0.15, -0.1) is 5.10 Å². The van der Waals surface area contributed by atoms with E-state index in [0.717, 1.165) is 21.4 Å². The van der Waals surface area contributed by atoms with Crippen LogP contribution in [0.4, 0.5) is 11.4 Å². The van der Waals surface area contributed by atoms with E-state index in [-0.39, 0.29) is 39.1 Å². The van der Waals surface area contributed by atoms with Crippen molar-refractivity contribution in [1.29, 1.82) is 0 Å². The lowest BCUT2D eigenvalue weighted by atomic mass is 10.1. The summed E-state index contributed by atoms with van der Waals surface area (Å²) in [6.07, 6.45) is 0. The zero-order valence-corrected chi connectivity index (χ0v) is 22.2. The quantitative estimate of drug-likeness (QED) is 0.263. The van der Waals surface area contributed by atoms with Crippen LogP contribution in [0.1, 0.15) is 18.1 Å². The Hall–Kier alpha value is -5.16. The molecule has 0 atom stereocenters. The first-order chi connectivity index (χ1) is 19.3. The number of thiazole rings is 1. The number of fused-ring (bicyclic) bond motifs is 2. The summed E-state index contributed by atoms with van der Waals surface area (Å²) in [7, 11) is 0. The van der Waals surface area contributed by atoms with Crippen LogP contribution in [0.5, 0.6) is 5.75 Å². The van der Waals surface area contributed by atoms with E-state index >= 15 is 0 Å². The van der Waals surface area contributed by atoms with Crippen LogP contribution in [-0.2, 0) is 14.4 Å². The van der Waals surface area contributed by atoms with Gasteiger partial charge < -0.3 is 10.1 Å². The number of nitrogens with one attached hydrogen (secondary N) is 1. The predicted molar refractivity (Wildman–Crippen MR) is 150 cm³/mol. The molecule has 2 aromatic heterocycles. The van der Waals surface area contributed by atoms with Gasteiger partial charge in [0.25, 0.3) is 11.5 Å². The van der Waals surface area contributed by atoms with E-state index in [2.05, 4.69) is 15.4 Å². The van der Waals surface area contributed by atoms with Gasteiger partial charge in [-0.3, -0.25) is 24.1 Å². The second kappa shape index (κ2) is 9.86. The Morgan fingerprint density at radius 2 is 1.73 bits per heavy atom. The van der Waals surface area contributed by atoms with Crippen LogP contribution < -0.4 is 25.0 Å². The number of carbonyl (C=O) groups is 3. The van der Waals surface area contributed by atoms with Crippen molar-refractivity contribution in [3.63, 3.8) is 0 Å². The molecule has 10 nitrogen and oxygen atoms in total. The molecule has 0 unspecified atom stereocenters. The molecule has 1 aliphatic rings. The number of anilines is 2. The number of rotatable bonds is 5. The van der Waals surface area contributed by atoms with Crippen LogP contribution in [0.25, 0.3) is 21.9 Å². The first-order valence-electron chi connectivity index (χ1n) is 12.3. The highest BCUT2D eigenvalue weighted by Crippen LogP contribution is 2.35. The van der Waals surface area contributed by atoms with Gasteiger partial charge in [-0.05, 0) is 42.8 Å². The largest absolute Gasteiger partial charge is 0.426 e. The highest BCUT2D eigenvalue weighted by atomic mass is 32.1. The maximum Gasteiger partial charge on any atom is 0.308 e. The molecular formula is C29H21N5O5S. The Morgan fingerprint density at radius 1 is 0.975 bits per heavy atom. The fraction of sp³-hybridized carbons (Fsp3) is 0.103. The summed E-state index contributed by atoms with van der Waals surface area (Å²) in [6, 6.07) is 21.2. The van der Waals surface area contributed by atoms with E-state index < -0.39 is 17.4 Å². The first kappa shape index (κ1) is 25.1. The molecular weight excluding hydrogens is 530 g/mol. The highest BCUT2D eigenvalue weighted by molar-refractivity contribution is 7.15. The molecule has 198 valence electrons. The molecule has 0 saturated heterocycles. The van der Waals surface area contributed by atoms with Gasteiger partial charge in [0.05, 0.1) is 16.8 Å². The molecule has 2 amide bonds. The number of hydrogen-bond acceptors (Lipinski definition) is 8. The smallest absolute Gasteiger partial charge is 0.308 e. The van der Waals surface area contributed by atoms with Gasteiger partial charge in [0, 0.05) is 18.2 Å². The van der Waals surface area contributed by atoms with Crippen molar-refractivity contribution in [2.24, 2.45) is 0 Å². The third-order valence-corrected chi connectivity index (χ3v) is 7.32. The Morgan fingerprint density at radius 3 is 2.48 bits per heavy atom. The Labute approximate surface area is 231 Å². The van der Waals surface area contributed by atoms with Crippen LogP contribution in [0.15, 0.2) is 77.6 Å². The van der Waals surface area contributed by atoms with Gasteiger partial charge in [0.15, 0.2) is 5.82 Å². The molecule has 0 bridgehead atoms. The van der Waals surface area contributed by atoms with E-state index in [9.17, 15) is 19.2 Å². The zero-order chi connectivity index (χ0) is 28.0. The predicted octanol–water partition coefficient (Wildman–Crippen LogP) is 2.95. The highest BCUT2D eigenvalue weighted by Gasteiger charge is 2.35. The average Bonchev–Trinajstić information content (AvgIpc) is 3.55. The second-order valence-electron chi connectivity index (χ2n) is 9.16. The molecule has 0 fully saturated rings. The SMILES string of the molecule is CC(=O)Oc1ccccc1-c1nc2s/c(=C3\C(=O)N(CC(=O)Nc4cccc(C)c4)c4ccccc43)c(=O)n2n1. The number of carbonyl (C=O) groups excluding carboxylic acids is 3. The Balaban J connectivity index is 1.39. The van der Waals surface area contributed by atoms with Gasteiger partial charge in [0.2, 0.25) is 10.9 Å². The molecule has 11 heteroatoms. The lowest BCUT2D eigenvalue weighted by Gasteiger charge is -2.16. The molecule has 40 heavy (non-hydrogen) atoms. The number of aromatic nitrogens is 3. The van der Waals surface area contributed by atoms with Crippen molar-refractivity contribution in [2.75, 3.05) is 16.8 Å². The van der Waals surface area contributed by atoms with Crippen molar-refractivity contribution in [3.05, 3.63) is 98.8 Å². The van der Waals surface area contributed by atoms with E-state index in [1.807, 2.05) is 25.1 Å². The number of benzene rings is 3. The second-order valence-corrected chi connectivity index (χ2v) is 10.1. The van der Waals surface area contributed by atoms with Crippen molar-refractivity contribution in [3.8, 4) is 17.1 Å². The number of ether oxygens (including phenoxy) is 1. The molecule has 1 aliphatic heterocycles. The maximum atomic E-state index is 13.7. The maximum absolute atomic E-state index is 13.7. The van der Waals surface area contributed by atoms with Gasteiger partial charge in [-0.1, -0.05) is 53.8 Å². The van der Waals surface area contributed by atoms with Crippen LogP contribution in [0, 0.1) is 6.92 Å². The van der Waals surface area contributed by atoms with Crippen molar-refractivity contribution in [1.82, 2.24) is 14.6 Å². The first-order valence-corrected chi connectivity index (χ1v) is 13.1. The number of esters is 1. The van der Waals surface area contributed by atoms with Crippen molar-refractivity contribution >= 4 is 51.0 Å². The van der Waals surface area contributed by atoms with Gasteiger partial charge >= 0.3 is 5.97 Å². The number of amides is 2. The van der Waals surface area contributed by atoms with E-state index in [1.165, 1.54) is 11.8 Å². The van der Waals surface area contributed by atoms with E-state index in [4.69, 9.17) is 4.74 Å². The van der Waals surface area contributed by atoms with Gasteiger partial charge in [-0.2, -0.15) is 9.50 Å². The van der Waals surface area contributed by atoms with E-state index in [1.54, 1.807) is 54.6 Å². The van der Waals surface area contributed by atoms with Crippen LogP contribution in [0.2, 0.25) is 0 Å². The normalized spacial score (nSPS) is 13.9. The van der Waals surface area contributed by atoms with Crippen LogP contribution >= 0.6 is 11.3 Å². The number of para-hydroxylation sites is 2. The fourth-order valence-corrected chi connectivity index (χ4v) is 5.62. The molecule has 0 spiro atoms. The summed E-state index contributed by atoms with van der Waals surface area (Å²) < 4.78 is 6.57. The third-order valence-electron chi connectivity index (χ3n) is 6.29. The van der Waals surface area contributed by atoms with Crippen molar-refractivity contribution < 1.29 is 19.1 Å². The van der Waals surface area contributed by atoms with Crippen LogP contribution in [0.3, 0.4) is 0 Å². The van der Waals surface area contributed by atoms with Crippen LogP contribution in [-0.4, -0.2) is 38.9 Å². The topological polar surface area (TPSA) is 123 Å². The summed E-state index contributed by atoms with van der Waals surface area (Å²) in [5, 5.41) is 7.18.